The van der Waals surface area contributed by atoms with Gasteiger partial charge in [0.25, 0.3) is 0 Å². The van der Waals surface area contributed by atoms with Crippen molar-refractivity contribution in [1.82, 2.24) is 4.90 Å². The number of likely N-dealkylation sites (N-methyl/N-ethyl adjacent to an activating group) is 1. The van der Waals surface area contributed by atoms with Crippen molar-refractivity contribution in [2.24, 2.45) is 11.3 Å². The lowest BCUT2D eigenvalue weighted by atomic mass is 9.36. The van der Waals surface area contributed by atoms with Crippen LogP contribution in [0.1, 0.15) is 56.2 Å². The summed E-state index contributed by atoms with van der Waals surface area (Å²) in [5.74, 6) is 2.11. The fraction of sp³-hybridized carbons (Fsp3) is 0.576. The van der Waals surface area contributed by atoms with Gasteiger partial charge in [0, 0.05) is 29.4 Å². The molecule has 2 aromatic carbocycles. The second-order valence-electron chi connectivity index (χ2n) is 12.9. The highest BCUT2D eigenvalue weighted by Crippen LogP contribution is 2.76. The second-order valence-corrected chi connectivity index (χ2v) is 12.9. The highest BCUT2D eigenvalue weighted by molar-refractivity contribution is 5.65. The van der Waals surface area contributed by atoms with E-state index in [-0.39, 0.29) is 28.5 Å². The van der Waals surface area contributed by atoms with Gasteiger partial charge < -0.3 is 23.8 Å². The van der Waals surface area contributed by atoms with Gasteiger partial charge >= 0.3 is 0 Å². The third-order valence-electron chi connectivity index (χ3n) is 11.3. The number of likely N-dealkylation sites (tertiary alicyclic amines) is 1. The van der Waals surface area contributed by atoms with Gasteiger partial charge in [0.05, 0.1) is 17.6 Å². The minimum Gasteiger partial charge on any atom is -0.490 e. The third kappa shape index (κ3) is 2.68. The van der Waals surface area contributed by atoms with E-state index in [9.17, 15) is 0 Å². The molecule has 2 saturated heterocycles. The van der Waals surface area contributed by atoms with E-state index in [4.69, 9.17) is 18.9 Å². The SMILES string of the molecule is CCCCOc1ccc2c3c1O[C@H]1[C@@]45C=C[C@@]6(C[C@@H]4[C@](C)(Cc4ccccc4)OCO5)[C@@H](C2)N(C)CC[C@]316. The molecule has 5 nitrogen and oxygen atoms in total. The zero-order chi connectivity index (χ0) is 25.8. The fourth-order valence-corrected chi connectivity index (χ4v) is 9.63. The number of piperidine rings is 1. The molecule has 3 fully saturated rings. The van der Waals surface area contributed by atoms with E-state index >= 15 is 0 Å². The Morgan fingerprint density at radius 1 is 1.08 bits per heavy atom. The summed E-state index contributed by atoms with van der Waals surface area (Å²) in [5.41, 5.74) is 3.23. The summed E-state index contributed by atoms with van der Waals surface area (Å²) in [6, 6.07) is 15.7. The van der Waals surface area contributed by atoms with Gasteiger partial charge in [-0.15, -0.1) is 0 Å². The van der Waals surface area contributed by atoms with Gasteiger partial charge in [-0.3, -0.25) is 0 Å². The summed E-state index contributed by atoms with van der Waals surface area (Å²) in [7, 11) is 2.33. The van der Waals surface area contributed by atoms with Crippen LogP contribution >= 0.6 is 0 Å². The topological polar surface area (TPSA) is 40.2 Å². The molecule has 5 heteroatoms. The zero-order valence-electron chi connectivity index (χ0n) is 22.9. The average Bonchev–Trinajstić information content (AvgIpc) is 3.30. The number of benzene rings is 2. The van der Waals surface area contributed by atoms with Crippen molar-refractivity contribution in [2.75, 3.05) is 27.0 Å². The molecule has 2 aromatic rings. The third-order valence-corrected chi connectivity index (χ3v) is 11.3. The quantitative estimate of drug-likeness (QED) is 0.380. The Balaban J connectivity index is 1.30. The van der Waals surface area contributed by atoms with E-state index in [0.29, 0.717) is 12.8 Å². The van der Waals surface area contributed by atoms with E-state index in [2.05, 4.69) is 80.4 Å². The first-order valence-corrected chi connectivity index (χ1v) is 14.7. The van der Waals surface area contributed by atoms with Crippen LogP contribution in [0.5, 0.6) is 11.5 Å². The maximum absolute atomic E-state index is 7.23. The van der Waals surface area contributed by atoms with Crippen molar-refractivity contribution in [3.63, 3.8) is 0 Å². The van der Waals surface area contributed by atoms with Gasteiger partial charge in [-0.1, -0.05) is 61.9 Å². The van der Waals surface area contributed by atoms with Crippen molar-refractivity contribution < 1.29 is 18.9 Å². The van der Waals surface area contributed by atoms with Crippen LogP contribution in [0.25, 0.3) is 0 Å². The normalized spacial score (nSPS) is 41.4. The van der Waals surface area contributed by atoms with Crippen molar-refractivity contribution >= 4 is 0 Å². The van der Waals surface area contributed by atoms with Gasteiger partial charge in [0.1, 0.15) is 18.5 Å². The minimum atomic E-state index is -0.516. The molecule has 1 saturated carbocycles. The molecule has 9 rings (SSSR count). The smallest absolute Gasteiger partial charge is 0.166 e. The molecule has 4 bridgehead atoms. The van der Waals surface area contributed by atoms with Gasteiger partial charge in [-0.25, -0.2) is 0 Å². The Morgan fingerprint density at radius 2 is 1.95 bits per heavy atom. The summed E-state index contributed by atoms with van der Waals surface area (Å²) in [6.07, 6.45) is 11.1. The Morgan fingerprint density at radius 3 is 2.79 bits per heavy atom. The zero-order valence-corrected chi connectivity index (χ0v) is 22.9. The summed E-state index contributed by atoms with van der Waals surface area (Å²) < 4.78 is 27.0. The Hall–Kier alpha value is -2.34. The number of rotatable bonds is 6. The molecule has 0 N–H and O–H groups in total. The number of hydrogen-bond acceptors (Lipinski definition) is 5. The molecular formula is C33H39NO4. The van der Waals surface area contributed by atoms with E-state index in [1.54, 1.807) is 0 Å². The lowest BCUT2D eigenvalue weighted by Crippen LogP contribution is -2.82. The summed E-state index contributed by atoms with van der Waals surface area (Å²) in [4.78, 5) is 2.62. The second kappa shape index (κ2) is 7.87. The van der Waals surface area contributed by atoms with Gasteiger partial charge in [0.2, 0.25) is 0 Å². The minimum absolute atomic E-state index is 0.0145. The van der Waals surface area contributed by atoms with Crippen LogP contribution < -0.4 is 9.47 Å². The molecule has 0 radical (unpaired) electrons. The fourth-order valence-electron chi connectivity index (χ4n) is 9.63. The molecule has 0 aromatic heterocycles. The maximum Gasteiger partial charge on any atom is 0.166 e. The van der Waals surface area contributed by atoms with Crippen molar-refractivity contribution in [3.8, 4) is 11.5 Å². The first-order chi connectivity index (χ1) is 18.5. The largest absolute Gasteiger partial charge is 0.490 e. The van der Waals surface area contributed by atoms with Crippen LogP contribution in [0.3, 0.4) is 0 Å². The number of unbranched alkanes of at least 4 members (excludes halogenated alkanes) is 1. The summed E-state index contributed by atoms with van der Waals surface area (Å²) >= 11 is 0. The highest BCUT2D eigenvalue weighted by atomic mass is 16.7. The molecule has 7 aliphatic rings. The van der Waals surface area contributed by atoms with Crippen LogP contribution in [0.2, 0.25) is 0 Å². The standard InChI is InChI=1S/C33H39NO4/c1-4-5-17-35-24-12-11-23-18-26-31-13-14-33(29-32(31,15-16-34(26)3)27(23)28(24)38-29)25(20-31)30(2,36-21-37-33)19-22-9-7-6-8-10-22/h6-14,25-26,29H,4-5,15-21H2,1-3H3/t25-,26-,29-,30+,31-,32+,33-/m1/s1. The highest BCUT2D eigenvalue weighted by Gasteiger charge is 2.81. The molecule has 0 unspecified atom stereocenters. The Kier molecular flexibility index (Phi) is 4.87. The summed E-state index contributed by atoms with van der Waals surface area (Å²) in [6.45, 7) is 6.63. The number of nitrogens with zero attached hydrogens (tertiary/aromatic N) is 1. The van der Waals surface area contributed by atoms with Crippen molar-refractivity contribution in [3.05, 3.63) is 71.3 Å². The monoisotopic (exact) mass is 513 g/mol. The Bertz CT molecular complexity index is 1310. The maximum atomic E-state index is 7.23. The lowest BCUT2D eigenvalue weighted by molar-refractivity contribution is -0.337. The predicted octanol–water partition coefficient (Wildman–Crippen LogP) is 5.45. The van der Waals surface area contributed by atoms with E-state index in [1.807, 2.05) is 0 Å². The first kappa shape index (κ1) is 23.5. The van der Waals surface area contributed by atoms with Crippen LogP contribution in [-0.2, 0) is 27.7 Å². The van der Waals surface area contributed by atoms with Gasteiger partial charge in [-0.2, -0.15) is 0 Å². The van der Waals surface area contributed by atoms with Gasteiger partial charge in [-0.05, 0) is 63.4 Å². The summed E-state index contributed by atoms with van der Waals surface area (Å²) in [5, 5.41) is 0. The van der Waals surface area contributed by atoms with Gasteiger partial charge in [0.15, 0.2) is 11.5 Å². The number of hydrogen-bond donors (Lipinski definition) is 0. The predicted molar refractivity (Wildman–Crippen MR) is 146 cm³/mol. The molecule has 3 aliphatic heterocycles. The van der Waals surface area contributed by atoms with E-state index in [1.165, 1.54) is 16.7 Å². The van der Waals surface area contributed by atoms with Crippen LogP contribution in [-0.4, -0.2) is 55.2 Å². The number of ether oxygens (including phenoxy) is 4. The molecule has 3 spiro atoms. The van der Waals surface area contributed by atoms with Crippen molar-refractivity contribution in [1.29, 1.82) is 0 Å². The molecule has 7 atom stereocenters. The lowest BCUT2D eigenvalue weighted by Gasteiger charge is -2.73. The molecule has 200 valence electrons. The Labute approximate surface area is 226 Å². The first-order valence-electron chi connectivity index (χ1n) is 14.7. The average molecular weight is 514 g/mol. The van der Waals surface area contributed by atoms with E-state index in [0.717, 1.165) is 63.2 Å². The van der Waals surface area contributed by atoms with Crippen LogP contribution in [0.4, 0.5) is 0 Å². The van der Waals surface area contributed by atoms with E-state index < -0.39 is 5.60 Å². The molecular weight excluding hydrogens is 474 g/mol. The van der Waals surface area contributed by atoms with Crippen molar-refractivity contribution in [2.45, 2.75) is 81.1 Å². The molecule has 38 heavy (non-hydrogen) atoms. The molecule has 3 heterocycles. The molecule has 4 aliphatic carbocycles. The van der Waals surface area contributed by atoms with Crippen LogP contribution in [0, 0.1) is 11.3 Å². The molecule has 0 amide bonds. The van der Waals surface area contributed by atoms with Crippen LogP contribution in [0.15, 0.2) is 54.6 Å².